The molecule has 1 aliphatic rings. The van der Waals surface area contributed by atoms with E-state index in [0.29, 0.717) is 12.2 Å². The van der Waals surface area contributed by atoms with Gasteiger partial charge in [0.15, 0.2) is 0 Å². The van der Waals surface area contributed by atoms with E-state index in [1.54, 1.807) is 23.5 Å². The van der Waals surface area contributed by atoms with Gasteiger partial charge in [0, 0.05) is 23.7 Å². The van der Waals surface area contributed by atoms with E-state index in [9.17, 15) is 9.18 Å². The lowest BCUT2D eigenvalue weighted by atomic mass is 10.1. The predicted molar refractivity (Wildman–Crippen MR) is 78.3 cm³/mol. The summed E-state index contributed by atoms with van der Waals surface area (Å²) in [5.41, 5.74) is 1.82. The van der Waals surface area contributed by atoms with Crippen LogP contribution in [0.1, 0.15) is 10.4 Å². The molecule has 0 spiro atoms. The largest absolute Gasteiger partial charge is 0.325 e. The van der Waals surface area contributed by atoms with Crippen LogP contribution < -0.4 is 5.32 Å². The summed E-state index contributed by atoms with van der Waals surface area (Å²) >= 11 is 1.78. The standard InChI is InChI=1S/C15H15FN2OS/c16-12-2-1-3-13(8-12)17-15(19)10-18-6-4-14-11(9-18)5-7-20-14/h1-3,5,7-8H,4,6,9-10H2,(H,17,19). The first kappa shape index (κ1) is 13.3. The summed E-state index contributed by atoms with van der Waals surface area (Å²) in [5.74, 6) is -0.446. The predicted octanol–water partition coefficient (Wildman–Crippen LogP) is 2.88. The minimum atomic E-state index is -0.344. The fourth-order valence-corrected chi connectivity index (χ4v) is 3.30. The molecule has 0 bridgehead atoms. The number of nitrogens with one attached hydrogen (secondary N) is 1. The molecule has 0 fully saturated rings. The lowest BCUT2D eigenvalue weighted by molar-refractivity contribution is -0.117. The van der Waals surface area contributed by atoms with E-state index in [-0.39, 0.29) is 11.7 Å². The highest BCUT2D eigenvalue weighted by atomic mass is 32.1. The van der Waals surface area contributed by atoms with Crippen molar-refractivity contribution in [1.29, 1.82) is 0 Å². The summed E-state index contributed by atoms with van der Waals surface area (Å²) < 4.78 is 13.0. The maximum atomic E-state index is 13.0. The van der Waals surface area contributed by atoms with Crippen LogP contribution in [0.5, 0.6) is 0 Å². The summed E-state index contributed by atoms with van der Waals surface area (Å²) in [5, 5.41) is 4.83. The molecule has 0 saturated carbocycles. The number of halogens is 1. The Kier molecular flexibility index (Phi) is 3.80. The zero-order valence-electron chi connectivity index (χ0n) is 10.9. The van der Waals surface area contributed by atoms with Crippen molar-refractivity contribution in [1.82, 2.24) is 4.90 Å². The Bertz CT molecular complexity index is 626. The fourth-order valence-electron chi connectivity index (χ4n) is 2.41. The molecule has 1 aliphatic heterocycles. The quantitative estimate of drug-likeness (QED) is 0.942. The van der Waals surface area contributed by atoms with E-state index in [1.807, 2.05) is 0 Å². The van der Waals surface area contributed by atoms with Crippen molar-refractivity contribution >= 4 is 22.9 Å². The van der Waals surface area contributed by atoms with Crippen LogP contribution in [0.15, 0.2) is 35.7 Å². The lowest BCUT2D eigenvalue weighted by Crippen LogP contribution is -2.36. The maximum Gasteiger partial charge on any atom is 0.238 e. The Balaban J connectivity index is 1.57. The van der Waals surface area contributed by atoms with E-state index in [4.69, 9.17) is 0 Å². The fraction of sp³-hybridized carbons (Fsp3) is 0.267. The van der Waals surface area contributed by atoms with Crippen LogP contribution in [0.25, 0.3) is 0 Å². The highest BCUT2D eigenvalue weighted by molar-refractivity contribution is 7.10. The van der Waals surface area contributed by atoms with Crippen LogP contribution in [-0.2, 0) is 17.8 Å². The van der Waals surface area contributed by atoms with E-state index in [2.05, 4.69) is 21.7 Å². The van der Waals surface area contributed by atoms with Crippen LogP contribution in [-0.4, -0.2) is 23.9 Å². The minimum Gasteiger partial charge on any atom is -0.325 e. The molecule has 1 aromatic carbocycles. The first-order chi connectivity index (χ1) is 9.70. The van der Waals surface area contributed by atoms with Crippen molar-refractivity contribution in [3.8, 4) is 0 Å². The molecule has 5 heteroatoms. The molecule has 2 heterocycles. The third kappa shape index (κ3) is 3.05. The van der Waals surface area contributed by atoms with Gasteiger partial charge >= 0.3 is 0 Å². The molecular weight excluding hydrogens is 275 g/mol. The number of nitrogens with zero attached hydrogens (tertiary/aromatic N) is 1. The van der Waals surface area contributed by atoms with Gasteiger partial charge in [-0.15, -0.1) is 11.3 Å². The number of carbonyl (C=O) groups excluding carboxylic acids is 1. The van der Waals surface area contributed by atoms with E-state index >= 15 is 0 Å². The summed E-state index contributed by atoms with van der Waals surface area (Å²) in [7, 11) is 0. The van der Waals surface area contributed by atoms with Crippen LogP contribution >= 0.6 is 11.3 Å². The molecule has 1 aromatic heterocycles. The molecule has 20 heavy (non-hydrogen) atoms. The number of amides is 1. The molecule has 1 N–H and O–H groups in total. The first-order valence-electron chi connectivity index (χ1n) is 6.54. The third-order valence-electron chi connectivity index (χ3n) is 3.36. The van der Waals surface area contributed by atoms with E-state index in [1.165, 1.54) is 22.6 Å². The molecule has 3 nitrogen and oxygen atoms in total. The summed E-state index contributed by atoms with van der Waals surface area (Å²) in [4.78, 5) is 15.5. The van der Waals surface area contributed by atoms with Crippen molar-refractivity contribution < 1.29 is 9.18 Å². The molecule has 2 aromatic rings. The number of hydrogen-bond donors (Lipinski definition) is 1. The second-order valence-corrected chi connectivity index (χ2v) is 5.89. The number of fused-ring (bicyclic) bond motifs is 1. The van der Waals surface area contributed by atoms with Gasteiger partial charge in [0.25, 0.3) is 0 Å². The average Bonchev–Trinajstić information content (AvgIpc) is 2.86. The molecule has 0 unspecified atom stereocenters. The second kappa shape index (κ2) is 5.73. The average molecular weight is 290 g/mol. The topological polar surface area (TPSA) is 32.3 Å². The summed E-state index contributed by atoms with van der Waals surface area (Å²) in [6.45, 7) is 2.05. The van der Waals surface area contributed by atoms with Crippen LogP contribution in [0.3, 0.4) is 0 Å². The van der Waals surface area contributed by atoms with Crippen LogP contribution in [0.2, 0.25) is 0 Å². The highest BCUT2D eigenvalue weighted by Gasteiger charge is 2.19. The van der Waals surface area contributed by atoms with Gasteiger partial charge in [-0.1, -0.05) is 6.07 Å². The zero-order chi connectivity index (χ0) is 13.9. The summed E-state index contributed by atoms with van der Waals surface area (Å²) in [6, 6.07) is 8.08. The normalized spacial score (nSPS) is 14.8. The number of benzene rings is 1. The first-order valence-corrected chi connectivity index (χ1v) is 7.42. The Labute approximate surface area is 121 Å². The third-order valence-corrected chi connectivity index (χ3v) is 4.39. The van der Waals surface area contributed by atoms with Crippen LogP contribution in [0, 0.1) is 5.82 Å². The monoisotopic (exact) mass is 290 g/mol. The molecule has 0 radical (unpaired) electrons. The molecule has 0 saturated heterocycles. The van der Waals surface area contributed by atoms with Gasteiger partial charge in [0.05, 0.1) is 6.54 Å². The van der Waals surface area contributed by atoms with Gasteiger partial charge in [-0.2, -0.15) is 0 Å². The number of anilines is 1. The molecule has 3 rings (SSSR count). The lowest BCUT2D eigenvalue weighted by Gasteiger charge is -2.26. The van der Waals surface area contributed by atoms with Gasteiger partial charge < -0.3 is 5.32 Å². The Morgan fingerprint density at radius 3 is 3.15 bits per heavy atom. The molecule has 104 valence electrons. The molecule has 1 amide bonds. The van der Waals surface area contributed by atoms with Crippen molar-refractivity contribution in [3.63, 3.8) is 0 Å². The van der Waals surface area contributed by atoms with E-state index in [0.717, 1.165) is 19.5 Å². The van der Waals surface area contributed by atoms with Gasteiger partial charge in [-0.05, 0) is 41.6 Å². The SMILES string of the molecule is O=C(CN1CCc2sccc2C1)Nc1cccc(F)c1. The van der Waals surface area contributed by atoms with E-state index < -0.39 is 0 Å². The maximum absolute atomic E-state index is 13.0. The number of hydrogen-bond acceptors (Lipinski definition) is 3. The van der Waals surface area contributed by atoms with Gasteiger partial charge in [0.2, 0.25) is 5.91 Å². The Morgan fingerprint density at radius 1 is 1.40 bits per heavy atom. The highest BCUT2D eigenvalue weighted by Crippen LogP contribution is 2.23. The molecule has 0 atom stereocenters. The number of carbonyl (C=O) groups is 1. The Hall–Kier alpha value is -1.72. The van der Waals surface area contributed by atoms with Gasteiger partial charge in [-0.25, -0.2) is 4.39 Å². The van der Waals surface area contributed by atoms with Crippen molar-refractivity contribution in [2.75, 3.05) is 18.4 Å². The minimum absolute atomic E-state index is 0.103. The van der Waals surface area contributed by atoms with Gasteiger partial charge in [-0.3, -0.25) is 9.69 Å². The zero-order valence-corrected chi connectivity index (χ0v) is 11.8. The number of thiophene rings is 1. The van der Waals surface area contributed by atoms with Crippen molar-refractivity contribution in [3.05, 3.63) is 52.0 Å². The Morgan fingerprint density at radius 2 is 2.30 bits per heavy atom. The van der Waals surface area contributed by atoms with Crippen molar-refractivity contribution in [2.45, 2.75) is 13.0 Å². The van der Waals surface area contributed by atoms with Crippen LogP contribution in [0.4, 0.5) is 10.1 Å². The summed E-state index contributed by atoms with van der Waals surface area (Å²) in [6.07, 6.45) is 1.00. The van der Waals surface area contributed by atoms with Crippen molar-refractivity contribution in [2.24, 2.45) is 0 Å². The smallest absolute Gasteiger partial charge is 0.238 e. The number of rotatable bonds is 3. The second-order valence-electron chi connectivity index (χ2n) is 4.89. The molecular formula is C15H15FN2OS. The molecule has 0 aliphatic carbocycles. The van der Waals surface area contributed by atoms with Gasteiger partial charge in [0.1, 0.15) is 5.82 Å².